The monoisotopic (exact) mass is 239 g/mol. The van der Waals surface area contributed by atoms with Crippen LogP contribution in [0.4, 0.5) is 5.82 Å². The van der Waals surface area contributed by atoms with Crippen molar-refractivity contribution in [3.05, 3.63) is 59.8 Å². The van der Waals surface area contributed by atoms with E-state index in [1.807, 2.05) is 42.5 Å². The zero-order valence-corrected chi connectivity index (χ0v) is 10.5. The van der Waals surface area contributed by atoms with Crippen LogP contribution >= 0.6 is 0 Å². The van der Waals surface area contributed by atoms with Crippen LogP contribution < -0.4 is 5.32 Å². The average molecular weight is 239 g/mol. The molecule has 0 unspecified atom stereocenters. The quantitative estimate of drug-likeness (QED) is 0.786. The minimum atomic E-state index is 0.502. The van der Waals surface area contributed by atoms with Gasteiger partial charge in [-0.1, -0.05) is 37.3 Å². The highest BCUT2D eigenvalue weighted by Crippen LogP contribution is 2.16. The van der Waals surface area contributed by atoms with Crippen LogP contribution in [0.3, 0.4) is 0 Å². The number of benzene rings is 1. The number of anilines is 1. The molecule has 18 heavy (non-hydrogen) atoms. The Balaban J connectivity index is 2.30. The summed E-state index contributed by atoms with van der Waals surface area (Å²) in [5.41, 5.74) is 2.25. The fourth-order valence-corrected chi connectivity index (χ4v) is 1.75. The number of nitrogens with one attached hydrogen (secondary N) is 2. The maximum atomic E-state index is 8.27. The molecule has 0 radical (unpaired) electrons. The molecule has 92 valence electrons. The van der Waals surface area contributed by atoms with Crippen molar-refractivity contribution in [1.29, 1.82) is 5.41 Å². The lowest BCUT2D eigenvalue weighted by Gasteiger charge is -2.11. The largest absolute Gasteiger partial charge is 0.370 e. The fourth-order valence-electron chi connectivity index (χ4n) is 1.75. The second-order valence-corrected chi connectivity index (χ2v) is 4.07. The summed E-state index contributed by atoms with van der Waals surface area (Å²) in [6, 6.07) is 13.5. The fraction of sp³-hybridized carbons (Fsp3) is 0.200. The Morgan fingerprint density at radius 3 is 2.67 bits per heavy atom. The molecule has 2 N–H and O–H groups in total. The second kappa shape index (κ2) is 5.96. The summed E-state index contributed by atoms with van der Waals surface area (Å²) >= 11 is 0. The van der Waals surface area contributed by atoms with Crippen LogP contribution in [0.5, 0.6) is 0 Å². The van der Waals surface area contributed by atoms with Gasteiger partial charge in [0.2, 0.25) is 0 Å². The molecule has 0 saturated carbocycles. The zero-order chi connectivity index (χ0) is 12.8. The smallest absolute Gasteiger partial charge is 0.135 e. The molecule has 0 saturated heterocycles. The van der Waals surface area contributed by atoms with Crippen molar-refractivity contribution < 1.29 is 0 Å². The highest BCUT2D eigenvalue weighted by atomic mass is 15.0. The van der Waals surface area contributed by atoms with E-state index in [0.29, 0.717) is 5.71 Å². The van der Waals surface area contributed by atoms with Crippen LogP contribution in [0.25, 0.3) is 0 Å². The van der Waals surface area contributed by atoms with Crippen LogP contribution in [0.15, 0.2) is 48.7 Å². The molecule has 0 atom stereocenters. The summed E-state index contributed by atoms with van der Waals surface area (Å²) in [5.74, 6) is 0.785. The first-order valence-electron chi connectivity index (χ1n) is 6.16. The third-order valence-corrected chi connectivity index (χ3v) is 2.68. The molecule has 1 aromatic heterocycles. The molecule has 3 heteroatoms. The van der Waals surface area contributed by atoms with Crippen molar-refractivity contribution in [2.24, 2.45) is 0 Å². The number of rotatable bonds is 5. The van der Waals surface area contributed by atoms with Crippen LogP contribution in [0.1, 0.15) is 24.5 Å². The van der Waals surface area contributed by atoms with Gasteiger partial charge in [-0.25, -0.2) is 4.98 Å². The number of nitrogens with zero attached hydrogens (tertiary/aromatic N) is 1. The Morgan fingerprint density at radius 2 is 1.94 bits per heavy atom. The summed E-state index contributed by atoms with van der Waals surface area (Å²) in [5, 5.41) is 11.5. The van der Waals surface area contributed by atoms with E-state index >= 15 is 0 Å². The van der Waals surface area contributed by atoms with Crippen molar-refractivity contribution in [3.8, 4) is 0 Å². The summed E-state index contributed by atoms with van der Waals surface area (Å²) < 4.78 is 0. The van der Waals surface area contributed by atoms with Crippen molar-refractivity contribution in [1.82, 2.24) is 4.98 Å². The lowest BCUT2D eigenvalue weighted by molar-refractivity contribution is 0.968. The molecule has 2 rings (SSSR count). The Hall–Kier alpha value is -2.16. The van der Waals surface area contributed by atoms with Gasteiger partial charge >= 0.3 is 0 Å². The van der Waals surface area contributed by atoms with Crippen molar-refractivity contribution in [2.75, 3.05) is 11.9 Å². The molecule has 0 aliphatic heterocycles. The predicted octanol–water partition coefficient (Wildman–Crippen LogP) is 3.32. The molecule has 0 aliphatic rings. The van der Waals surface area contributed by atoms with Gasteiger partial charge in [0.15, 0.2) is 0 Å². The SMILES string of the molecule is CCCNc1ncccc1C(=N)c1ccccc1. The third kappa shape index (κ3) is 2.74. The molecule has 0 spiro atoms. The molecule has 3 nitrogen and oxygen atoms in total. The highest BCUT2D eigenvalue weighted by Gasteiger charge is 2.09. The molecular weight excluding hydrogens is 222 g/mol. The highest BCUT2D eigenvalue weighted by molar-refractivity contribution is 6.13. The Bertz CT molecular complexity index is 520. The van der Waals surface area contributed by atoms with Gasteiger partial charge in [-0.05, 0) is 18.6 Å². The molecule has 1 heterocycles. The van der Waals surface area contributed by atoms with Gasteiger partial charge < -0.3 is 5.32 Å². The standard InChI is InChI=1S/C15H17N3/c1-2-10-17-15-13(9-6-11-18-15)14(16)12-7-4-3-5-8-12/h3-9,11,16H,2,10H2,1H3,(H,17,18). The van der Waals surface area contributed by atoms with E-state index in [1.54, 1.807) is 6.20 Å². The van der Waals surface area contributed by atoms with E-state index in [1.165, 1.54) is 0 Å². The van der Waals surface area contributed by atoms with Gasteiger partial charge in [-0.3, -0.25) is 5.41 Å². The number of hydrogen-bond donors (Lipinski definition) is 2. The molecule has 0 amide bonds. The molecule has 2 aromatic rings. The van der Waals surface area contributed by atoms with Gasteiger partial charge in [-0.2, -0.15) is 0 Å². The molecular formula is C15H17N3. The summed E-state index contributed by atoms with van der Waals surface area (Å²) in [6.45, 7) is 2.98. The van der Waals surface area contributed by atoms with E-state index in [2.05, 4.69) is 17.2 Å². The normalized spacial score (nSPS) is 10.1. The van der Waals surface area contributed by atoms with E-state index in [4.69, 9.17) is 5.41 Å². The van der Waals surface area contributed by atoms with Gasteiger partial charge in [0.25, 0.3) is 0 Å². The van der Waals surface area contributed by atoms with Gasteiger partial charge in [-0.15, -0.1) is 0 Å². The van der Waals surface area contributed by atoms with Crippen molar-refractivity contribution in [3.63, 3.8) is 0 Å². The lowest BCUT2D eigenvalue weighted by atomic mass is 10.0. The minimum absolute atomic E-state index is 0.502. The maximum Gasteiger partial charge on any atom is 0.135 e. The first-order chi connectivity index (χ1) is 8.83. The summed E-state index contributed by atoms with van der Waals surface area (Å²) in [6.07, 6.45) is 2.79. The van der Waals surface area contributed by atoms with Gasteiger partial charge in [0.05, 0.1) is 5.71 Å². The maximum absolute atomic E-state index is 8.27. The minimum Gasteiger partial charge on any atom is -0.370 e. The number of aromatic nitrogens is 1. The topological polar surface area (TPSA) is 48.8 Å². The third-order valence-electron chi connectivity index (χ3n) is 2.68. The number of pyridine rings is 1. The van der Waals surface area contributed by atoms with Gasteiger partial charge in [0.1, 0.15) is 5.82 Å². The Kier molecular flexibility index (Phi) is 4.07. The molecule has 0 bridgehead atoms. The van der Waals surface area contributed by atoms with Crippen molar-refractivity contribution in [2.45, 2.75) is 13.3 Å². The van der Waals surface area contributed by atoms with Crippen LogP contribution in [-0.4, -0.2) is 17.2 Å². The Morgan fingerprint density at radius 1 is 1.17 bits per heavy atom. The van der Waals surface area contributed by atoms with Crippen LogP contribution in [0.2, 0.25) is 0 Å². The molecule has 1 aromatic carbocycles. The first-order valence-corrected chi connectivity index (χ1v) is 6.16. The number of hydrogen-bond acceptors (Lipinski definition) is 3. The molecule has 0 fully saturated rings. The van der Waals surface area contributed by atoms with Crippen LogP contribution in [0, 0.1) is 5.41 Å². The van der Waals surface area contributed by atoms with E-state index in [-0.39, 0.29) is 0 Å². The summed E-state index contributed by atoms with van der Waals surface area (Å²) in [7, 11) is 0. The lowest BCUT2D eigenvalue weighted by Crippen LogP contribution is -2.10. The summed E-state index contributed by atoms with van der Waals surface area (Å²) in [4.78, 5) is 4.31. The molecule has 0 aliphatic carbocycles. The Labute approximate surface area is 107 Å². The van der Waals surface area contributed by atoms with Crippen LogP contribution in [-0.2, 0) is 0 Å². The second-order valence-electron chi connectivity index (χ2n) is 4.07. The van der Waals surface area contributed by atoms with Crippen molar-refractivity contribution >= 4 is 11.5 Å². The van der Waals surface area contributed by atoms with E-state index < -0.39 is 0 Å². The van der Waals surface area contributed by atoms with E-state index in [0.717, 1.165) is 29.9 Å². The van der Waals surface area contributed by atoms with Gasteiger partial charge in [0, 0.05) is 23.9 Å². The first kappa shape index (κ1) is 12.3. The zero-order valence-electron chi connectivity index (χ0n) is 10.5. The van der Waals surface area contributed by atoms with E-state index in [9.17, 15) is 0 Å². The predicted molar refractivity (Wildman–Crippen MR) is 75.4 cm³/mol. The average Bonchev–Trinajstić information content (AvgIpc) is 2.45.